The Morgan fingerprint density at radius 2 is 1.52 bits per heavy atom. The Kier molecular flexibility index (Phi) is 7.17. The molecule has 10 nitrogen and oxygen atoms in total. The maximum absolute atomic E-state index is 11.6. The average molecular weight is 370 g/mol. The van der Waals surface area contributed by atoms with Gasteiger partial charge in [-0.05, 0) is 0 Å². The summed E-state index contributed by atoms with van der Waals surface area (Å²) in [5, 5.41) is 0. The molecule has 5 N–H and O–H groups in total. The molecular weight excluding hydrogens is 349 g/mol. The van der Waals surface area contributed by atoms with Crippen LogP contribution in [-0.2, 0) is 23.2 Å². The molecule has 0 aromatic rings. The van der Waals surface area contributed by atoms with Crippen LogP contribution in [0.3, 0.4) is 0 Å². The van der Waals surface area contributed by atoms with E-state index in [9.17, 15) is 18.8 Å². The number of ether oxygens (including phenoxy) is 1. The summed E-state index contributed by atoms with van der Waals surface area (Å²) in [5.74, 6) is -0.605. The van der Waals surface area contributed by atoms with Gasteiger partial charge in [-0.25, -0.2) is 0 Å². The Hall–Kier alpha value is 0.120. The van der Waals surface area contributed by atoms with Crippen molar-refractivity contribution in [2.45, 2.75) is 27.2 Å². The van der Waals surface area contributed by atoms with Gasteiger partial charge in [0.25, 0.3) is 0 Å². The van der Waals surface area contributed by atoms with Crippen molar-refractivity contribution in [2.24, 2.45) is 5.41 Å². The van der Waals surface area contributed by atoms with E-state index >= 15 is 0 Å². The van der Waals surface area contributed by atoms with Gasteiger partial charge in [-0.15, -0.1) is 0 Å². The van der Waals surface area contributed by atoms with E-state index in [4.69, 9.17) is 24.3 Å². The zero-order valence-electron chi connectivity index (χ0n) is 11.8. The van der Waals surface area contributed by atoms with Crippen LogP contribution < -0.4 is 0 Å². The van der Waals surface area contributed by atoms with Crippen molar-refractivity contribution in [3.8, 4) is 0 Å². The Labute approximate surface area is 122 Å². The van der Waals surface area contributed by atoms with E-state index in [1.54, 1.807) is 20.8 Å². The molecule has 0 heterocycles. The molecule has 0 unspecified atom stereocenters. The first-order valence-electron chi connectivity index (χ1n) is 5.84. The van der Waals surface area contributed by atoms with Crippen molar-refractivity contribution < 1.29 is 47.7 Å². The van der Waals surface area contributed by atoms with Crippen molar-refractivity contribution >= 4 is 27.6 Å². The zero-order valence-corrected chi connectivity index (χ0v) is 14.6. The van der Waals surface area contributed by atoms with Crippen molar-refractivity contribution in [1.82, 2.24) is 0 Å². The van der Waals surface area contributed by atoms with Crippen LogP contribution in [0.1, 0.15) is 27.2 Å². The molecule has 0 aromatic carbocycles. The van der Waals surface area contributed by atoms with Crippen LogP contribution in [0, 0.1) is 5.41 Å². The van der Waals surface area contributed by atoms with E-state index < -0.39 is 46.3 Å². The van der Waals surface area contributed by atoms with E-state index in [1.165, 1.54) is 0 Å². The van der Waals surface area contributed by atoms with E-state index in [-0.39, 0.29) is 0 Å². The second-order valence-corrected chi connectivity index (χ2v) is 16.7. The molecule has 0 spiro atoms. The third kappa shape index (κ3) is 5.36. The van der Waals surface area contributed by atoms with Gasteiger partial charge < -0.3 is 0 Å². The minimum atomic E-state index is -5.64. The molecule has 21 heavy (non-hydrogen) atoms. The fourth-order valence-electron chi connectivity index (χ4n) is 0.991. The van der Waals surface area contributed by atoms with Gasteiger partial charge in [0.15, 0.2) is 0 Å². The molecule has 0 radical (unpaired) electrons. The minimum absolute atomic E-state index is 0.482. The van der Waals surface area contributed by atoms with Crippen LogP contribution in [0.4, 0.5) is 0 Å². The molecule has 0 bridgehead atoms. The summed E-state index contributed by atoms with van der Waals surface area (Å²) in [6.45, 7) is 3.74. The third-order valence-corrected chi connectivity index (χ3v) is 14.9. The van der Waals surface area contributed by atoms with Crippen molar-refractivity contribution in [3.63, 3.8) is 0 Å². The number of hydrogen-bond donors (Lipinski definition) is 5. The molecule has 0 aliphatic rings. The summed E-state index contributed by atoms with van der Waals surface area (Å²) >= 11 is 0. The predicted octanol–water partition coefficient (Wildman–Crippen LogP) is 0.740. The first kappa shape index (κ1) is 21.1. The number of hydrogen-bond acceptors (Lipinski definition) is 6. The second-order valence-electron chi connectivity index (χ2n) is 4.88. The molecule has 0 saturated carbocycles. The van der Waals surface area contributed by atoms with E-state index in [0.717, 1.165) is 0 Å². The van der Waals surface area contributed by atoms with Gasteiger partial charge >= 0.3 is 121 Å². The summed E-state index contributed by atoms with van der Waals surface area (Å²) in [4.78, 5) is 56.5. The Bertz CT molecular complexity index is 441. The first-order chi connectivity index (χ1) is 9.19. The van der Waals surface area contributed by atoms with Crippen LogP contribution in [0.5, 0.6) is 0 Å². The van der Waals surface area contributed by atoms with E-state index in [0.29, 0.717) is 6.42 Å². The van der Waals surface area contributed by atoms with Gasteiger partial charge in [-0.1, -0.05) is 0 Å². The Balaban J connectivity index is 4.68. The number of carbonyl (C=O) groups excluding carboxylic acids is 1. The van der Waals surface area contributed by atoms with Crippen molar-refractivity contribution in [3.05, 3.63) is 0 Å². The number of rotatable bonds is 8. The molecule has 0 saturated heterocycles. The summed E-state index contributed by atoms with van der Waals surface area (Å²) in [6.07, 6.45) is 0.482. The molecule has 0 fully saturated rings. The quantitative estimate of drug-likeness (QED) is 0.233. The standard InChI is InChI=1S/C8H21O10P3/c1-4-8(2,3)7(9)17-5-6-18-21(16,19(10,11)12)20(13,14)15/h16,21H,4-6H2,1-3H3,(H2,10,11,12)(H2,13,14,15). The van der Waals surface area contributed by atoms with E-state index in [1.807, 2.05) is 0 Å². The molecule has 0 aromatic heterocycles. The zero-order chi connectivity index (χ0) is 17.1. The molecule has 13 heteroatoms. The third-order valence-electron chi connectivity index (χ3n) is 2.81. The van der Waals surface area contributed by atoms with Crippen LogP contribution in [0.15, 0.2) is 0 Å². The predicted molar refractivity (Wildman–Crippen MR) is 75.6 cm³/mol. The van der Waals surface area contributed by atoms with Crippen LogP contribution in [-0.4, -0.2) is 43.7 Å². The summed E-state index contributed by atoms with van der Waals surface area (Å²) in [6, 6.07) is 0. The molecule has 0 atom stereocenters. The maximum atomic E-state index is 11.6. The monoisotopic (exact) mass is 370 g/mol. The fourth-order valence-corrected chi connectivity index (χ4v) is 7.65. The SMILES string of the molecule is CCC(C)(C)C(=O)OCCO[PH](O)(P(=O)(O)O)P(=O)(O)O. The topological polar surface area (TPSA) is 171 Å². The number of esters is 1. The summed E-state index contributed by atoms with van der Waals surface area (Å²) in [7, 11) is -16.7. The van der Waals surface area contributed by atoms with Gasteiger partial charge in [0.1, 0.15) is 0 Å². The van der Waals surface area contributed by atoms with Gasteiger partial charge in [0, 0.05) is 0 Å². The van der Waals surface area contributed by atoms with E-state index in [2.05, 4.69) is 4.52 Å². The van der Waals surface area contributed by atoms with Crippen LogP contribution in [0.2, 0.25) is 0 Å². The molecule has 0 aliphatic carbocycles. The molecule has 0 rings (SSSR count). The molecule has 0 aliphatic heterocycles. The number of carbonyl (C=O) groups is 1. The van der Waals surface area contributed by atoms with Gasteiger partial charge in [-0.3, -0.25) is 0 Å². The van der Waals surface area contributed by atoms with Gasteiger partial charge in [-0.2, -0.15) is 0 Å². The molecule has 0 amide bonds. The van der Waals surface area contributed by atoms with Crippen LogP contribution in [0.25, 0.3) is 0 Å². The Morgan fingerprint density at radius 1 is 1.10 bits per heavy atom. The molecule has 128 valence electrons. The van der Waals surface area contributed by atoms with Crippen molar-refractivity contribution in [1.29, 1.82) is 0 Å². The van der Waals surface area contributed by atoms with Gasteiger partial charge in [0.05, 0.1) is 0 Å². The second kappa shape index (κ2) is 7.13. The summed E-state index contributed by atoms with van der Waals surface area (Å²) < 4.78 is 31.1. The first-order valence-corrected chi connectivity index (χ1v) is 12.6. The van der Waals surface area contributed by atoms with Crippen molar-refractivity contribution in [2.75, 3.05) is 13.2 Å². The fraction of sp³-hybridized carbons (Fsp3) is 0.875. The van der Waals surface area contributed by atoms with Crippen LogP contribution >= 0.6 is 21.7 Å². The normalized spacial score (nSPS) is 14.9. The Morgan fingerprint density at radius 3 is 1.86 bits per heavy atom. The summed E-state index contributed by atoms with van der Waals surface area (Å²) in [5.41, 5.74) is -0.778. The molecular formula is C8H21O10P3. The van der Waals surface area contributed by atoms with Gasteiger partial charge in [0.2, 0.25) is 0 Å². The average Bonchev–Trinajstić information content (AvgIpc) is 2.30.